The molecule has 1 heterocycles. The molecule has 1 aromatic carbocycles. The first-order valence-corrected chi connectivity index (χ1v) is 7.94. The Morgan fingerprint density at radius 3 is 3.00 bits per heavy atom. The maximum Gasteiger partial charge on any atom is 0.265 e. The number of carbonyl (C=O) groups excluding carboxylic acids is 1. The van der Waals surface area contributed by atoms with Gasteiger partial charge in [-0.15, -0.1) is 11.3 Å². The largest absolute Gasteiger partial charge is 0.321 e. The summed E-state index contributed by atoms with van der Waals surface area (Å²) in [6.45, 7) is 1.99. The zero-order chi connectivity index (χ0) is 13.4. The number of nitrogens with one attached hydrogen (secondary N) is 1. The van der Waals surface area contributed by atoms with Gasteiger partial charge in [-0.25, -0.2) is 0 Å². The van der Waals surface area contributed by atoms with Crippen molar-refractivity contribution < 1.29 is 4.79 Å². The molecule has 0 fully saturated rings. The number of benzene rings is 1. The molecule has 1 N–H and O–H groups in total. The highest BCUT2D eigenvalue weighted by molar-refractivity contribution is 9.10. The summed E-state index contributed by atoms with van der Waals surface area (Å²) in [7, 11) is 0. The summed E-state index contributed by atoms with van der Waals surface area (Å²) < 4.78 is 1.01. The lowest BCUT2D eigenvalue weighted by molar-refractivity contribution is 0.103. The minimum Gasteiger partial charge on any atom is -0.321 e. The Morgan fingerprint density at radius 1 is 1.37 bits per heavy atom. The van der Waals surface area contributed by atoms with E-state index in [1.807, 2.05) is 25.1 Å². The van der Waals surface area contributed by atoms with Crippen molar-refractivity contribution in [1.82, 2.24) is 0 Å². The molecule has 98 valence electrons. The van der Waals surface area contributed by atoms with Crippen LogP contribution in [0.5, 0.6) is 0 Å². The molecule has 0 unspecified atom stereocenters. The molecule has 0 saturated carbocycles. The fourth-order valence-electron chi connectivity index (χ4n) is 2.37. The van der Waals surface area contributed by atoms with E-state index in [0.29, 0.717) is 0 Å². The van der Waals surface area contributed by atoms with Crippen LogP contribution in [0.2, 0.25) is 0 Å². The van der Waals surface area contributed by atoms with E-state index in [9.17, 15) is 4.79 Å². The molecule has 19 heavy (non-hydrogen) atoms. The van der Waals surface area contributed by atoms with E-state index in [4.69, 9.17) is 0 Å². The molecule has 1 aliphatic carbocycles. The first-order chi connectivity index (χ1) is 9.15. The van der Waals surface area contributed by atoms with E-state index in [0.717, 1.165) is 33.4 Å². The van der Waals surface area contributed by atoms with Crippen LogP contribution in [-0.2, 0) is 12.8 Å². The molecule has 0 spiro atoms. The van der Waals surface area contributed by atoms with Gasteiger partial charge in [-0.2, -0.15) is 0 Å². The lowest BCUT2D eigenvalue weighted by Gasteiger charge is -2.08. The molecule has 1 aliphatic rings. The highest BCUT2D eigenvalue weighted by atomic mass is 79.9. The monoisotopic (exact) mass is 335 g/mol. The molecule has 0 bridgehead atoms. The molecule has 2 aromatic rings. The molecule has 0 aliphatic heterocycles. The van der Waals surface area contributed by atoms with Gasteiger partial charge in [0.15, 0.2) is 0 Å². The summed E-state index contributed by atoms with van der Waals surface area (Å²) in [5.74, 6) is 0.000556. The first-order valence-electron chi connectivity index (χ1n) is 6.33. The van der Waals surface area contributed by atoms with Gasteiger partial charge in [-0.3, -0.25) is 4.79 Å². The second kappa shape index (κ2) is 5.10. The molecule has 1 amide bonds. The Morgan fingerprint density at radius 2 is 2.21 bits per heavy atom. The topological polar surface area (TPSA) is 29.1 Å². The van der Waals surface area contributed by atoms with Crippen LogP contribution in [0.15, 0.2) is 28.7 Å². The molecule has 0 saturated heterocycles. The van der Waals surface area contributed by atoms with Crippen molar-refractivity contribution in [1.29, 1.82) is 0 Å². The summed E-state index contributed by atoms with van der Waals surface area (Å²) in [4.78, 5) is 14.5. The number of amides is 1. The van der Waals surface area contributed by atoms with Crippen molar-refractivity contribution in [3.05, 3.63) is 49.6 Å². The van der Waals surface area contributed by atoms with Gasteiger partial charge < -0.3 is 5.32 Å². The lowest BCUT2D eigenvalue weighted by Crippen LogP contribution is -2.11. The summed E-state index contributed by atoms with van der Waals surface area (Å²) in [5, 5.41) is 3.00. The van der Waals surface area contributed by atoms with Gasteiger partial charge in [0, 0.05) is 15.0 Å². The van der Waals surface area contributed by atoms with Crippen molar-refractivity contribution >= 4 is 38.9 Å². The predicted octanol–water partition coefficient (Wildman–Crippen LogP) is 4.56. The van der Waals surface area contributed by atoms with Crippen LogP contribution in [0.4, 0.5) is 5.69 Å². The molecule has 3 rings (SSSR count). The molecule has 4 heteroatoms. The summed E-state index contributed by atoms with van der Waals surface area (Å²) >= 11 is 5.12. The van der Waals surface area contributed by atoms with E-state index in [1.165, 1.54) is 16.9 Å². The minimum atomic E-state index is 0.000556. The number of thiophene rings is 1. The van der Waals surface area contributed by atoms with Gasteiger partial charge in [0.2, 0.25) is 0 Å². The average molecular weight is 336 g/mol. The summed E-state index contributed by atoms with van der Waals surface area (Å²) in [5.41, 5.74) is 3.29. The van der Waals surface area contributed by atoms with E-state index in [2.05, 4.69) is 27.3 Å². The third kappa shape index (κ3) is 2.47. The Labute approximate surface area is 125 Å². The number of carbonyl (C=O) groups is 1. The van der Waals surface area contributed by atoms with Crippen LogP contribution in [0.25, 0.3) is 0 Å². The average Bonchev–Trinajstić information content (AvgIpc) is 2.95. The van der Waals surface area contributed by atoms with Crippen molar-refractivity contribution in [3.8, 4) is 0 Å². The van der Waals surface area contributed by atoms with Crippen LogP contribution in [-0.4, -0.2) is 5.91 Å². The lowest BCUT2D eigenvalue weighted by atomic mass is 10.2. The van der Waals surface area contributed by atoms with Gasteiger partial charge in [0.05, 0.1) is 4.88 Å². The van der Waals surface area contributed by atoms with Crippen LogP contribution < -0.4 is 5.32 Å². The van der Waals surface area contributed by atoms with Gasteiger partial charge in [0.1, 0.15) is 0 Å². The van der Waals surface area contributed by atoms with Crippen molar-refractivity contribution in [2.75, 3.05) is 5.32 Å². The Hall–Kier alpha value is -1.13. The SMILES string of the molecule is Cc1c(Br)cccc1NC(=O)c1cc2c(s1)CCC2. The second-order valence-electron chi connectivity index (χ2n) is 4.78. The predicted molar refractivity (Wildman–Crippen MR) is 83.2 cm³/mol. The van der Waals surface area contributed by atoms with Crippen LogP contribution in [0.1, 0.15) is 32.1 Å². The normalized spacial score (nSPS) is 13.4. The Balaban J connectivity index is 1.82. The zero-order valence-electron chi connectivity index (χ0n) is 10.6. The summed E-state index contributed by atoms with van der Waals surface area (Å²) in [6.07, 6.45) is 3.48. The Bertz CT molecular complexity index is 626. The quantitative estimate of drug-likeness (QED) is 0.856. The summed E-state index contributed by atoms with van der Waals surface area (Å²) in [6, 6.07) is 7.89. The van der Waals surface area contributed by atoms with Crippen molar-refractivity contribution in [2.45, 2.75) is 26.2 Å². The highest BCUT2D eigenvalue weighted by Gasteiger charge is 2.18. The molecule has 1 aromatic heterocycles. The molecule has 0 atom stereocenters. The van der Waals surface area contributed by atoms with Gasteiger partial charge in [0.25, 0.3) is 5.91 Å². The number of hydrogen-bond acceptors (Lipinski definition) is 2. The van der Waals surface area contributed by atoms with Crippen LogP contribution in [0, 0.1) is 6.92 Å². The van der Waals surface area contributed by atoms with Gasteiger partial charge in [-0.1, -0.05) is 22.0 Å². The first kappa shape index (κ1) is 12.9. The number of hydrogen-bond donors (Lipinski definition) is 1. The number of aryl methyl sites for hydroxylation is 2. The number of halogens is 1. The van der Waals surface area contributed by atoms with Gasteiger partial charge >= 0.3 is 0 Å². The number of anilines is 1. The van der Waals surface area contributed by atoms with E-state index in [1.54, 1.807) is 11.3 Å². The maximum atomic E-state index is 12.3. The number of rotatable bonds is 2. The van der Waals surface area contributed by atoms with Crippen molar-refractivity contribution in [3.63, 3.8) is 0 Å². The van der Waals surface area contributed by atoms with Crippen LogP contribution >= 0.6 is 27.3 Å². The molecular weight excluding hydrogens is 322 g/mol. The third-order valence-corrected chi connectivity index (χ3v) is 5.58. The van der Waals surface area contributed by atoms with E-state index in [-0.39, 0.29) is 5.91 Å². The standard InChI is InChI=1S/C15H14BrNOS/c1-9-11(16)5-3-6-12(9)17-15(18)14-8-10-4-2-7-13(10)19-14/h3,5-6,8H,2,4,7H2,1H3,(H,17,18). The molecule has 2 nitrogen and oxygen atoms in total. The van der Waals surface area contributed by atoms with Gasteiger partial charge in [-0.05, 0) is 55.5 Å². The highest BCUT2D eigenvalue weighted by Crippen LogP contribution is 2.31. The molecule has 0 radical (unpaired) electrons. The Kier molecular flexibility index (Phi) is 3.46. The maximum absolute atomic E-state index is 12.3. The number of fused-ring (bicyclic) bond motifs is 1. The third-order valence-electron chi connectivity index (χ3n) is 3.49. The fourth-order valence-corrected chi connectivity index (χ4v) is 3.88. The van der Waals surface area contributed by atoms with E-state index >= 15 is 0 Å². The van der Waals surface area contributed by atoms with Crippen molar-refractivity contribution in [2.24, 2.45) is 0 Å². The van der Waals surface area contributed by atoms with E-state index < -0.39 is 0 Å². The zero-order valence-corrected chi connectivity index (χ0v) is 13.0. The van der Waals surface area contributed by atoms with Crippen LogP contribution in [0.3, 0.4) is 0 Å². The smallest absolute Gasteiger partial charge is 0.265 e. The molecular formula is C15H14BrNOS. The second-order valence-corrected chi connectivity index (χ2v) is 6.77. The fraction of sp³-hybridized carbons (Fsp3) is 0.267. The minimum absolute atomic E-state index is 0.000556.